The number of carbonyl (C=O) groups excluding carboxylic acids is 3. The van der Waals surface area contributed by atoms with Gasteiger partial charge in [0, 0.05) is 38.0 Å². The van der Waals surface area contributed by atoms with E-state index in [0.29, 0.717) is 0 Å². The van der Waals surface area contributed by atoms with Gasteiger partial charge in [-0.2, -0.15) is 0 Å². The highest BCUT2D eigenvalue weighted by Gasteiger charge is 2.23. The van der Waals surface area contributed by atoms with Crippen LogP contribution in [0.2, 0.25) is 0 Å². The molecule has 1 rings (SSSR count). The maximum Gasteiger partial charge on any atom is 0.253 e. The maximum atomic E-state index is 11.7. The molecule has 0 aromatic heterocycles. The predicted molar refractivity (Wildman–Crippen MR) is 81.0 cm³/mol. The minimum Gasteiger partial charge on any atom is -0.391 e. The summed E-state index contributed by atoms with van der Waals surface area (Å²) < 4.78 is 5.10. The van der Waals surface area contributed by atoms with Gasteiger partial charge in [0.2, 0.25) is 0 Å². The van der Waals surface area contributed by atoms with Gasteiger partial charge in [-0.15, -0.1) is 12.3 Å². The van der Waals surface area contributed by atoms with E-state index >= 15 is 0 Å². The molecule has 23 heavy (non-hydrogen) atoms. The largest absolute Gasteiger partial charge is 0.391 e. The fourth-order valence-corrected chi connectivity index (χ4v) is 1.96. The third kappa shape index (κ3) is 7.19. The molecule has 0 bridgehead atoms. The van der Waals surface area contributed by atoms with E-state index in [2.05, 4.69) is 5.92 Å². The van der Waals surface area contributed by atoms with E-state index < -0.39 is 24.0 Å². The smallest absolute Gasteiger partial charge is 0.253 e. The number of nitrogens with zero attached hydrogens (tertiary/aromatic N) is 1. The van der Waals surface area contributed by atoms with Crippen LogP contribution in [0.25, 0.3) is 0 Å². The molecule has 2 unspecified atom stereocenters. The van der Waals surface area contributed by atoms with Gasteiger partial charge in [0.25, 0.3) is 11.8 Å². The number of rotatable bonds is 11. The number of aliphatic hydroxyl groups is 2. The molecule has 0 fully saturated rings. The van der Waals surface area contributed by atoms with Crippen molar-refractivity contribution in [1.29, 1.82) is 0 Å². The quantitative estimate of drug-likeness (QED) is 0.389. The molecule has 126 valence electrons. The Kier molecular flexibility index (Phi) is 8.19. The van der Waals surface area contributed by atoms with Crippen LogP contribution < -0.4 is 0 Å². The fourth-order valence-electron chi connectivity index (χ4n) is 1.96. The highest BCUT2D eigenvalue weighted by Crippen LogP contribution is 2.07. The van der Waals surface area contributed by atoms with Crippen LogP contribution in [-0.4, -0.2) is 64.7 Å². The maximum absolute atomic E-state index is 11.7. The van der Waals surface area contributed by atoms with E-state index in [0.717, 1.165) is 4.90 Å². The lowest BCUT2D eigenvalue weighted by atomic mass is 10.1. The molecule has 0 spiro atoms. The Labute approximate surface area is 134 Å². The summed E-state index contributed by atoms with van der Waals surface area (Å²) in [6, 6.07) is 0. The number of ketones is 1. The van der Waals surface area contributed by atoms with Gasteiger partial charge < -0.3 is 14.9 Å². The molecule has 0 aliphatic carbocycles. The van der Waals surface area contributed by atoms with Crippen LogP contribution in [0.1, 0.15) is 25.7 Å². The zero-order chi connectivity index (χ0) is 17.2. The Morgan fingerprint density at radius 2 is 1.78 bits per heavy atom. The van der Waals surface area contributed by atoms with Crippen molar-refractivity contribution in [3.05, 3.63) is 12.2 Å². The van der Waals surface area contributed by atoms with Crippen molar-refractivity contribution in [2.24, 2.45) is 0 Å². The third-order valence-electron chi connectivity index (χ3n) is 3.25. The number of hydrogen-bond acceptors (Lipinski definition) is 6. The molecule has 2 amide bonds. The van der Waals surface area contributed by atoms with Crippen molar-refractivity contribution in [1.82, 2.24) is 4.90 Å². The van der Waals surface area contributed by atoms with E-state index in [1.165, 1.54) is 12.2 Å². The average molecular weight is 323 g/mol. The third-order valence-corrected chi connectivity index (χ3v) is 3.25. The lowest BCUT2D eigenvalue weighted by Crippen LogP contribution is -2.32. The molecule has 7 nitrogen and oxygen atoms in total. The zero-order valence-corrected chi connectivity index (χ0v) is 12.8. The van der Waals surface area contributed by atoms with E-state index in [4.69, 9.17) is 11.2 Å². The van der Waals surface area contributed by atoms with Gasteiger partial charge in [-0.25, -0.2) is 0 Å². The predicted octanol–water partition coefficient (Wildman–Crippen LogP) is -0.588. The Bertz CT molecular complexity index is 489. The SMILES string of the molecule is C#CCC(O)COCC(O)CCC(=O)CCN1C(=O)C=CC1=O. The monoisotopic (exact) mass is 323 g/mol. The summed E-state index contributed by atoms with van der Waals surface area (Å²) in [5, 5.41) is 19.0. The van der Waals surface area contributed by atoms with Gasteiger partial charge in [-0.1, -0.05) is 0 Å². The second-order valence-electron chi connectivity index (χ2n) is 5.24. The van der Waals surface area contributed by atoms with Crippen LogP contribution in [0.15, 0.2) is 12.2 Å². The molecule has 2 N–H and O–H groups in total. The van der Waals surface area contributed by atoms with Crippen LogP contribution in [0.3, 0.4) is 0 Å². The molecule has 1 aliphatic heterocycles. The molecule has 0 radical (unpaired) electrons. The van der Waals surface area contributed by atoms with Crippen LogP contribution in [0.5, 0.6) is 0 Å². The molecule has 0 saturated heterocycles. The lowest BCUT2D eigenvalue weighted by Gasteiger charge is -2.14. The number of Topliss-reactive ketones (excluding diaryl/α,β-unsaturated/α-hetero) is 1. The van der Waals surface area contributed by atoms with Gasteiger partial charge >= 0.3 is 0 Å². The van der Waals surface area contributed by atoms with Crippen LogP contribution >= 0.6 is 0 Å². The molecule has 1 heterocycles. The van der Waals surface area contributed by atoms with Gasteiger partial charge in [-0.05, 0) is 6.42 Å². The molecule has 0 aromatic rings. The van der Waals surface area contributed by atoms with Gasteiger partial charge in [0.15, 0.2) is 0 Å². The van der Waals surface area contributed by atoms with Crippen molar-refractivity contribution < 1.29 is 29.3 Å². The zero-order valence-electron chi connectivity index (χ0n) is 12.8. The Morgan fingerprint density at radius 1 is 1.17 bits per heavy atom. The first kappa shape index (κ1) is 19.0. The minimum absolute atomic E-state index is 0.00191. The van der Waals surface area contributed by atoms with Crippen molar-refractivity contribution in [3.63, 3.8) is 0 Å². The second-order valence-corrected chi connectivity index (χ2v) is 5.24. The van der Waals surface area contributed by atoms with E-state index in [1.54, 1.807) is 0 Å². The number of carbonyl (C=O) groups is 3. The number of aliphatic hydroxyl groups excluding tert-OH is 2. The summed E-state index contributed by atoms with van der Waals surface area (Å²) in [6.45, 7) is 0.0810. The number of terminal acetylenes is 1. The minimum atomic E-state index is -0.825. The number of imide groups is 1. The van der Waals surface area contributed by atoms with E-state index in [-0.39, 0.29) is 51.2 Å². The van der Waals surface area contributed by atoms with Gasteiger partial charge in [0.1, 0.15) is 5.78 Å². The van der Waals surface area contributed by atoms with Gasteiger partial charge in [-0.3, -0.25) is 19.3 Å². The van der Waals surface area contributed by atoms with Crippen molar-refractivity contribution in [2.75, 3.05) is 19.8 Å². The van der Waals surface area contributed by atoms with Gasteiger partial charge in [0.05, 0.1) is 25.4 Å². The Morgan fingerprint density at radius 3 is 2.39 bits per heavy atom. The van der Waals surface area contributed by atoms with Crippen molar-refractivity contribution in [3.8, 4) is 12.3 Å². The average Bonchev–Trinajstić information content (AvgIpc) is 2.82. The molecule has 7 heteroatoms. The molecular formula is C16H21NO6. The van der Waals surface area contributed by atoms with Crippen LogP contribution in [0, 0.1) is 12.3 Å². The molecule has 0 aromatic carbocycles. The highest BCUT2D eigenvalue weighted by atomic mass is 16.5. The molecule has 2 atom stereocenters. The normalized spacial score (nSPS) is 16.5. The number of amides is 2. The first-order valence-corrected chi connectivity index (χ1v) is 7.36. The molecule has 0 saturated carbocycles. The highest BCUT2D eigenvalue weighted by molar-refractivity contribution is 6.13. The topological polar surface area (TPSA) is 104 Å². The van der Waals surface area contributed by atoms with Crippen LogP contribution in [0.4, 0.5) is 0 Å². The fraction of sp³-hybridized carbons (Fsp3) is 0.562. The molecule has 1 aliphatic rings. The number of ether oxygens (including phenoxy) is 1. The standard InChI is InChI=1S/C16H21NO6/c1-2-3-13(19)10-23-11-14(20)5-4-12(18)8-9-17-15(21)6-7-16(17)22/h1,6-7,13-14,19-20H,3-5,8-11H2. The summed E-state index contributed by atoms with van der Waals surface area (Å²) in [5.41, 5.74) is 0. The summed E-state index contributed by atoms with van der Waals surface area (Å²) in [5.74, 6) is 1.32. The summed E-state index contributed by atoms with van der Waals surface area (Å²) in [7, 11) is 0. The first-order valence-electron chi connectivity index (χ1n) is 7.36. The van der Waals surface area contributed by atoms with Crippen LogP contribution in [-0.2, 0) is 19.1 Å². The Hall–Kier alpha value is -2.01. The summed E-state index contributed by atoms with van der Waals surface area (Å²) >= 11 is 0. The summed E-state index contributed by atoms with van der Waals surface area (Å²) in [4.78, 5) is 35.3. The van der Waals surface area contributed by atoms with E-state index in [9.17, 15) is 24.6 Å². The number of hydrogen-bond donors (Lipinski definition) is 2. The lowest BCUT2D eigenvalue weighted by molar-refractivity contribution is -0.137. The summed E-state index contributed by atoms with van der Waals surface area (Å²) in [6.07, 6.45) is 6.36. The molecular weight excluding hydrogens is 302 g/mol. The first-order chi connectivity index (χ1) is 10.9. The second kappa shape index (κ2) is 9.90. The van der Waals surface area contributed by atoms with E-state index in [1.807, 2.05) is 0 Å². The van der Waals surface area contributed by atoms with Crippen molar-refractivity contribution >= 4 is 17.6 Å². The Balaban J connectivity index is 2.12. The van der Waals surface area contributed by atoms with Crippen molar-refractivity contribution in [2.45, 2.75) is 37.9 Å².